The molecule has 1 saturated heterocycles. The molecule has 230 valence electrons. The molecule has 0 aliphatic carbocycles. The lowest BCUT2D eigenvalue weighted by Gasteiger charge is -2.22. The van der Waals surface area contributed by atoms with Crippen LogP contribution in [-0.2, 0) is 9.59 Å². The topological polar surface area (TPSA) is 141 Å². The summed E-state index contributed by atoms with van der Waals surface area (Å²) < 4.78 is 16.9. The molecule has 1 aliphatic heterocycles. The number of hydrogen-bond donors (Lipinski definition) is 1. The molecule has 4 rings (SSSR count). The molecule has 0 bridgehead atoms. The summed E-state index contributed by atoms with van der Waals surface area (Å²) in [5, 5.41) is 13.2. The van der Waals surface area contributed by atoms with Crippen LogP contribution in [0.4, 0.5) is 21.9 Å². The van der Waals surface area contributed by atoms with Crippen LogP contribution in [-0.4, -0.2) is 66.8 Å². The minimum atomic E-state index is -0.549. The number of thioether (sulfide) groups is 1. The van der Waals surface area contributed by atoms with Gasteiger partial charge in [-0.05, 0) is 62.0 Å². The van der Waals surface area contributed by atoms with Gasteiger partial charge >= 0.3 is 0 Å². The van der Waals surface area contributed by atoms with Crippen LogP contribution in [0.5, 0.6) is 17.2 Å². The van der Waals surface area contributed by atoms with Crippen molar-refractivity contribution in [3.05, 3.63) is 87.3 Å². The van der Waals surface area contributed by atoms with E-state index in [1.807, 2.05) is 26.0 Å². The molecule has 0 spiro atoms. The highest BCUT2D eigenvalue weighted by Crippen LogP contribution is 2.35. The van der Waals surface area contributed by atoms with Gasteiger partial charge in [0.1, 0.15) is 12.4 Å². The molecule has 44 heavy (non-hydrogen) atoms. The maximum absolute atomic E-state index is 13.2. The van der Waals surface area contributed by atoms with E-state index in [-0.39, 0.29) is 29.4 Å². The number of amides is 3. The molecule has 1 aliphatic rings. The summed E-state index contributed by atoms with van der Waals surface area (Å²) in [6.45, 7) is 5.22. The van der Waals surface area contributed by atoms with E-state index in [2.05, 4.69) is 10.2 Å². The number of nitrogens with one attached hydrogen (secondary N) is 1. The summed E-state index contributed by atoms with van der Waals surface area (Å²) in [4.78, 5) is 52.5. The minimum absolute atomic E-state index is 0.0438. The molecule has 0 saturated carbocycles. The van der Waals surface area contributed by atoms with Gasteiger partial charge in [-0.15, -0.1) is 0 Å². The zero-order chi connectivity index (χ0) is 31.6. The van der Waals surface area contributed by atoms with Crippen molar-refractivity contribution < 1.29 is 33.5 Å². The summed E-state index contributed by atoms with van der Waals surface area (Å²) in [6.07, 6.45) is 1.56. The second-order valence-electron chi connectivity index (χ2n) is 9.37. The average molecular weight is 621 g/mol. The first-order chi connectivity index (χ1) is 21.2. The van der Waals surface area contributed by atoms with Crippen LogP contribution in [0.3, 0.4) is 0 Å². The molecular weight excluding hydrogens is 588 g/mol. The molecule has 0 unspecified atom stereocenters. The second kappa shape index (κ2) is 14.9. The van der Waals surface area contributed by atoms with E-state index >= 15 is 0 Å². The lowest BCUT2D eigenvalue weighted by atomic mass is 10.1. The Labute approximate surface area is 258 Å². The molecule has 0 radical (unpaired) electrons. The number of nitro groups is 1. The largest absolute Gasteiger partial charge is 0.493 e. The van der Waals surface area contributed by atoms with Gasteiger partial charge in [-0.1, -0.05) is 18.2 Å². The molecule has 0 aromatic heterocycles. The van der Waals surface area contributed by atoms with Crippen LogP contribution < -0.4 is 24.4 Å². The number of rotatable bonds is 14. The van der Waals surface area contributed by atoms with Crippen molar-refractivity contribution in [1.29, 1.82) is 0 Å². The number of carbonyl (C=O) groups excluding carboxylic acids is 3. The number of ether oxygens (including phenoxy) is 3. The van der Waals surface area contributed by atoms with E-state index in [1.54, 1.807) is 36.4 Å². The fraction of sp³-hybridized carbons (Fsp3) is 0.258. The Morgan fingerprint density at radius 1 is 1.00 bits per heavy atom. The third-order valence-corrected chi connectivity index (χ3v) is 7.53. The summed E-state index contributed by atoms with van der Waals surface area (Å²) in [7, 11) is 1.53. The Kier molecular flexibility index (Phi) is 10.8. The Morgan fingerprint density at radius 2 is 1.75 bits per heavy atom. The molecule has 12 nitrogen and oxygen atoms in total. The molecule has 13 heteroatoms. The first-order valence-electron chi connectivity index (χ1n) is 13.8. The monoisotopic (exact) mass is 620 g/mol. The lowest BCUT2D eigenvalue weighted by molar-refractivity contribution is -0.384. The Morgan fingerprint density at radius 3 is 2.45 bits per heavy atom. The molecule has 0 atom stereocenters. The Bertz CT molecular complexity index is 1570. The van der Waals surface area contributed by atoms with E-state index in [1.165, 1.54) is 31.4 Å². The maximum Gasteiger partial charge on any atom is 0.293 e. The number of para-hydroxylation sites is 2. The molecular formula is C31H32N4O8S. The highest BCUT2D eigenvalue weighted by molar-refractivity contribution is 8.18. The van der Waals surface area contributed by atoms with Crippen molar-refractivity contribution in [2.24, 2.45) is 0 Å². The van der Waals surface area contributed by atoms with Gasteiger partial charge in [0.25, 0.3) is 22.7 Å². The Hall–Kier alpha value is -5.04. The van der Waals surface area contributed by atoms with Gasteiger partial charge < -0.3 is 24.4 Å². The molecule has 1 N–H and O–H groups in total. The van der Waals surface area contributed by atoms with Crippen LogP contribution >= 0.6 is 11.8 Å². The van der Waals surface area contributed by atoms with Gasteiger partial charge in [-0.3, -0.25) is 29.4 Å². The van der Waals surface area contributed by atoms with Crippen molar-refractivity contribution in [2.75, 3.05) is 50.2 Å². The quantitative estimate of drug-likeness (QED) is 0.138. The molecule has 3 amide bonds. The van der Waals surface area contributed by atoms with Crippen LogP contribution in [0.1, 0.15) is 19.4 Å². The van der Waals surface area contributed by atoms with E-state index < -0.39 is 28.6 Å². The highest BCUT2D eigenvalue weighted by atomic mass is 32.2. The van der Waals surface area contributed by atoms with Gasteiger partial charge in [-0.2, -0.15) is 0 Å². The van der Waals surface area contributed by atoms with Crippen LogP contribution in [0.2, 0.25) is 0 Å². The summed E-state index contributed by atoms with van der Waals surface area (Å²) in [6, 6.07) is 18.1. The number of carbonyl (C=O) groups is 3. The highest BCUT2D eigenvalue weighted by Gasteiger charge is 2.35. The summed E-state index contributed by atoms with van der Waals surface area (Å²) in [5.74, 6) is 0.379. The first kappa shape index (κ1) is 31.9. The number of anilines is 2. The predicted molar refractivity (Wildman–Crippen MR) is 168 cm³/mol. The van der Waals surface area contributed by atoms with Crippen molar-refractivity contribution in [2.45, 2.75) is 13.8 Å². The second-order valence-corrected chi connectivity index (χ2v) is 10.4. The van der Waals surface area contributed by atoms with Crippen LogP contribution in [0.25, 0.3) is 6.08 Å². The van der Waals surface area contributed by atoms with Gasteiger partial charge in [-0.25, -0.2) is 0 Å². The van der Waals surface area contributed by atoms with Gasteiger partial charge in [0.05, 0.1) is 23.5 Å². The van der Waals surface area contributed by atoms with Crippen LogP contribution in [0, 0.1) is 10.1 Å². The fourth-order valence-corrected chi connectivity index (χ4v) is 5.27. The van der Waals surface area contributed by atoms with E-state index in [0.29, 0.717) is 22.8 Å². The van der Waals surface area contributed by atoms with Crippen molar-refractivity contribution in [3.63, 3.8) is 0 Å². The van der Waals surface area contributed by atoms with Crippen molar-refractivity contribution in [1.82, 2.24) is 4.90 Å². The standard InChI is InChI=1S/C31H32N4O8S/c1-4-33(5-2)23-14-13-21(27(19-23)43-20-29(36)32-22-9-8-10-24(18-22)35(39)40)17-28-30(37)34(31(38)44-28)15-16-42-26-12-7-6-11-25(26)41-3/h6-14,17-19H,4-5,15-16,20H2,1-3H3,(H,32,36)/b28-17-. The Balaban J connectivity index is 1.49. The maximum atomic E-state index is 13.2. The van der Waals surface area contributed by atoms with E-state index in [0.717, 1.165) is 35.4 Å². The normalized spacial score (nSPS) is 13.6. The fourth-order valence-electron chi connectivity index (χ4n) is 4.41. The zero-order valence-electron chi connectivity index (χ0n) is 24.5. The smallest absolute Gasteiger partial charge is 0.293 e. The summed E-state index contributed by atoms with van der Waals surface area (Å²) >= 11 is 0.807. The number of methoxy groups -OCH3 is 1. The average Bonchev–Trinajstić information content (AvgIpc) is 3.29. The molecule has 1 fully saturated rings. The zero-order valence-corrected chi connectivity index (χ0v) is 25.3. The third kappa shape index (κ3) is 7.86. The number of hydrogen-bond acceptors (Lipinski definition) is 10. The first-order valence-corrected chi connectivity index (χ1v) is 14.6. The molecule has 1 heterocycles. The number of nitrogens with zero attached hydrogens (tertiary/aromatic N) is 3. The number of imide groups is 1. The van der Waals surface area contributed by atoms with Crippen molar-refractivity contribution in [3.8, 4) is 17.2 Å². The van der Waals surface area contributed by atoms with E-state index in [9.17, 15) is 24.5 Å². The van der Waals surface area contributed by atoms with Gasteiger partial charge in [0.2, 0.25) is 0 Å². The molecule has 3 aromatic carbocycles. The lowest BCUT2D eigenvalue weighted by Crippen LogP contribution is -2.32. The number of benzene rings is 3. The van der Waals surface area contributed by atoms with Crippen molar-refractivity contribution >= 4 is 52.0 Å². The predicted octanol–water partition coefficient (Wildman–Crippen LogP) is 5.58. The SMILES string of the molecule is CCN(CC)c1ccc(/C=C2\SC(=O)N(CCOc3ccccc3OC)C2=O)c(OCC(=O)Nc2cccc([N+](=O)[O-])c2)c1. The van der Waals surface area contributed by atoms with E-state index in [4.69, 9.17) is 14.2 Å². The number of nitro benzene ring substituents is 1. The summed E-state index contributed by atoms with van der Waals surface area (Å²) in [5.41, 5.74) is 1.45. The van der Waals surface area contributed by atoms with Crippen LogP contribution in [0.15, 0.2) is 71.6 Å². The van der Waals surface area contributed by atoms with Gasteiger partial charge in [0.15, 0.2) is 18.1 Å². The molecule has 3 aromatic rings. The van der Waals surface area contributed by atoms with Gasteiger partial charge in [0, 0.05) is 48.2 Å². The third-order valence-electron chi connectivity index (χ3n) is 6.63. The number of non-ortho nitro benzene ring substituents is 1. The minimum Gasteiger partial charge on any atom is -0.493 e.